The number of anilines is 1. The van der Waals surface area contributed by atoms with Gasteiger partial charge in [0.15, 0.2) is 0 Å². The van der Waals surface area contributed by atoms with E-state index in [2.05, 4.69) is 16.4 Å². The normalized spacial score (nSPS) is 9.61. The largest absolute Gasteiger partial charge is 0.449 e. The van der Waals surface area contributed by atoms with E-state index < -0.39 is 6.09 Å². The Morgan fingerprint density at radius 2 is 2.28 bits per heavy atom. The molecule has 1 aromatic rings. The van der Waals surface area contributed by atoms with E-state index in [0.717, 1.165) is 12.8 Å². The van der Waals surface area contributed by atoms with Crippen LogP contribution in [0.1, 0.15) is 37.9 Å². The van der Waals surface area contributed by atoms with Crippen molar-refractivity contribution >= 4 is 11.9 Å². The number of amides is 1. The average Bonchev–Trinajstić information content (AvgIpc) is 2.39. The van der Waals surface area contributed by atoms with Crippen LogP contribution in [0.3, 0.4) is 0 Å². The summed E-state index contributed by atoms with van der Waals surface area (Å²) in [5.74, 6) is 0.410. The molecule has 96 valence electrons. The quantitative estimate of drug-likeness (QED) is 0.812. The van der Waals surface area contributed by atoms with Crippen LogP contribution in [0.2, 0.25) is 0 Å². The van der Waals surface area contributed by atoms with Crippen LogP contribution >= 0.6 is 0 Å². The molecule has 1 aromatic heterocycles. The minimum Gasteiger partial charge on any atom is -0.449 e. The van der Waals surface area contributed by atoms with Crippen LogP contribution in [-0.2, 0) is 11.2 Å². The molecular formula is C13H17N3O2. The Morgan fingerprint density at radius 1 is 1.50 bits per heavy atom. The number of hydrogen-bond acceptors (Lipinski definition) is 4. The second kappa shape index (κ2) is 7.28. The summed E-state index contributed by atoms with van der Waals surface area (Å²) >= 11 is 0. The third-order valence-corrected chi connectivity index (χ3v) is 2.39. The van der Waals surface area contributed by atoms with Crippen molar-refractivity contribution in [3.63, 3.8) is 0 Å². The van der Waals surface area contributed by atoms with Gasteiger partial charge in [-0.3, -0.25) is 5.32 Å². The van der Waals surface area contributed by atoms with Crippen LogP contribution in [0.4, 0.5) is 10.6 Å². The van der Waals surface area contributed by atoms with E-state index in [-0.39, 0.29) is 0 Å². The zero-order valence-corrected chi connectivity index (χ0v) is 10.7. The van der Waals surface area contributed by atoms with E-state index in [1.807, 2.05) is 13.8 Å². The number of carbonyl (C=O) groups is 1. The van der Waals surface area contributed by atoms with E-state index in [1.54, 1.807) is 12.1 Å². The van der Waals surface area contributed by atoms with Gasteiger partial charge < -0.3 is 4.74 Å². The van der Waals surface area contributed by atoms with Crippen LogP contribution in [0, 0.1) is 11.3 Å². The maximum absolute atomic E-state index is 11.4. The molecule has 0 aromatic carbocycles. The lowest BCUT2D eigenvalue weighted by Gasteiger charge is -2.07. The van der Waals surface area contributed by atoms with Crippen molar-refractivity contribution < 1.29 is 9.53 Å². The molecule has 1 amide bonds. The zero-order valence-electron chi connectivity index (χ0n) is 10.7. The topological polar surface area (TPSA) is 75.0 Å². The molecule has 0 radical (unpaired) electrons. The molecule has 5 nitrogen and oxygen atoms in total. The Bertz CT molecular complexity index is 452. The molecule has 0 bridgehead atoms. The number of aryl methyl sites for hydroxylation is 1. The van der Waals surface area contributed by atoms with E-state index >= 15 is 0 Å². The fourth-order valence-electron chi connectivity index (χ4n) is 1.39. The Hall–Kier alpha value is -2.09. The van der Waals surface area contributed by atoms with Gasteiger partial charge in [-0.25, -0.2) is 9.78 Å². The van der Waals surface area contributed by atoms with Gasteiger partial charge in [-0.1, -0.05) is 20.3 Å². The van der Waals surface area contributed by atoms with Gasteiger partial charge in [0.2, 0.25) is 0 Å². The van der Waals surface area contributed by atoms with Crippen molar-refractivity contribution in [3.05, 3.63) is 23.4 Å². The van der Waals surface area contributed by atoms with Gasteiger partial charge in [0.25, 0.3) is 0 Å². The van der Waals surface area contributed by atoms with Crippen LogP contribution in [0.25, 0.3) is 0 Å². The molecule has 0 aliphatic heterocycles. The molecular weight excluding hydrogens is 230 g/mol. The first kappa shape index (κ1) is 14.0. The standard InChI is InChI=1S/C13H17N3O2/c1-3-5-8-18-13(17)16-12-7-6-10(9-14)11(4-2)15-12/h6-7H,3-5,8H2,1-2H3,(H,15,16,17). The van der Waals surface area contributed by atoms with E-state index in [0.29, 0.717) is 30.1 Å². The zero-order chi connectivity index (χ0) is 13.4. The molecule has 0 fully saturated rings. The molecule has 1 N–H and O–H groups in total. The van der Waals surface area contributed by atoms with Gasteiger partial charge >= 0.3 is 6.09 Å². The molecule has 0 unspecified atom stereocenters. The van der Waals surface area contributed by atoms with Crippen molar-refractivity contribution in [2.75, 3.05) is 11.9 Å². The highest BCUT2D eigenvalue weighted by atomic mass is 16.5. The molecule has 1 heterocycles. The Kier molecular flexibility index (Phi) is 5.65. The lowest BCUT2D eigenvalue weighted by Crippen LogP contribution is -2.15. The Balaban J connectivity index is 2.62. The average molecular weight is 247 g/mol. The number of ether oxygens (including phenoxy) is 1. The third kappa shape index (κ3) is 4.06. The van der Waals surface area contributed by atoms with Crippen molar-refractivity contribution in [1.29, 1.82) is 5.26 Å². The summed E-state index contributed by atoms with van der Waals surface area (Å²) in [5, 5.41) is 11.4. The van der Waals surface area contributed by atoms with Gasteiger partial charge in [-0.15, -0.1) is 0 Å². The first-order valence-electron chi connectivity index (χ1n) is 6.05. The molecule has 18 heavy (non-hydrogen) atoms. The molecule has 0 atom stereocenters. The van der Waals surface area contributed by atoms with E-state index in [1.165, 1.54) is 0 Å². The fraction of sp³-hybridized carbons (Fsp3) is 0.462. The lowest BCUT2D eigenvalue weighted by atomic mass is 10.2. The van der Waals surface area contributed by atoms with Gasteiger partial charge in [-0.2, -0.15) is 5.26 Å². The first-order chi connectivity index (χ1) is 8.71. The highest BCUT2D eigenvalue weighted by molar-refractivity contribution is 5.83. The molecule has 0 aliphatic carbocycles. The Labute approximate surface area is 107 Å². The van der Waals surface area contributed by atoms with Crippen molar-refractivity contribution in [1.82, 2.24) is 4.98 Å². The van der Waals surface area contributed by atoms with Crippen molar-refractivity contribution in [2.24, 2.45) is 0 Å². The number of nitriles is 1. The van der Waals surface area contributed by atoms with Crippen LogP contribution in [-0.4, -0.2) is 17.7 Å². The SMILES string of the molecule is CCCCOC(=O)Nc1ccc(C#N)c(CC)n1. The number of rotatable bonds is 5. The molecule has 0 saturated carbocycles. The predicted molar refractivity (Wildman–Crippen MR) is 68.2 cm³/mol. The summed E-state index contributed by atoms with van der Waals surface area (Å²) in [6.45, 7) is 4.34. The van der Waals surface area contributed by atoms with E-state index in [4.69, 9.17) is 10.00 Å². The maximum Gasteiger partial charge on any atom is 0.412 e. The number of nitrogens with one attached hydrogen (secondary N) is 1. The lowest BCUT2D eigenvalue weighted by molar-refractivity contribution is 0.160. The minimum absolute atomic E-state index is 0.402. The first-order valence-corrected chi connectivity index (χ1v) is 6.05. The smallest absolute Gasteiger partial charge is 0.412 e. The number of nitrogens with zero attached hydrogens (tertiary/aromatic N) is 2. The second-order valence-corrected chi connectivity index (χ2v) is 3.77. The fourth-order valence-corrected chi connectivity index (χ4v) is 1.39. The summed E-state index contributed by atoms with van der Waals surface area (Å²) in [7, 11) is 0. The Morgan fingerprint density at radius 3 is 2.89 bits per heavy atom. The van der Waals surface area contributed by atoms with Gasteiger partial charge in [0.05, 0.1) is 17.9 Å². The number of hydrogen-bond donors (Lipinski definition) is 1. The number of aromatic nitrogens is 1. The monoisotopic (exact) mass is 247 g/mol. The van der Waals surface area contributed by atoms with Crippen molar-refractivity contribution in [3.8, 4) is 6.07 Å². The molecule has 0 saturated heterocycles. The van der Waals surface area contributed by atoms with Crippen LogP contribution < -0.4 is 5.32 Å². The van der Waals surface area contributed by atoms with E-state index in [9.17, 15) is 4.79 Å². The molecule has 0 aliphatic rings. The summed E-state index contributed by atoms with van der Waals surface area (Å²) in [4.78, 5) is 15.6. The van der Waals surface area contributed by atoms with Crippen LogP contribution in [0.5, 0.6) is 0 Å². The third-order valence-electron chi connectivity index (χ3n) is 2.39. The summed E-state index contributed by atoms with van der Waals surface area (Å²) < 4.78 is 4.96. The number of pyridine rings is 1. The summed E-state index contributed by atoms with van der Waals surface area (Å²) in [6.07, 6.45) is 1.95. The minimum atomic E-state index is -0.511. The highest BCUT2D eigenvalue weighted by Crippen LogP contribution is 2.11. The number of carbonyl (C=O) groups excluding carboxylic acids is 1. The summed E-state index contributed by atoms with van der Waals surface area (Å²) in [5.41, 5.74) is 1.20. The van der Waals surface area contributed by atoms with Gasteiger partial charge in [0.1, 0.15) is 11.9 Å². The molecule has 0 spiro atoms. The maximum atomic E-state index is 11.4. The second-order valence-electron chi connectivity index (χ2n) is 3.77. The van der Waals surface area contributed by atoms with Gasteiger partial charge in [-0.05, 0) is 25.0 Å². The molecule has 1 rings (SSSR count). The van der Waals surface area contributed by atoms with Crippen LogP contribution in [0.15, 0.2) is 12.1 Å². The molecule has 5 heteroatoms. The van der Waals surface area contributed by atoms with Crippen molar-refractivity contribution in [2.45, 2.75) is 33.1 Å². The number of unbranched alkanes of at least 4 members (excludes halogenated alkanes) is 1. The summed E-state index contributed by atoms with van der Waals surface area (Å²) in [6, 6.07) is 5.30. The van der Waals surface area contributed by atoms with Gasteiger partial charge in [0, 0.05) is 0 Å². The highest BCUT2D eigenvalue weighted by Gasteiger charge is 2.07. The predicted octanol–water partition coefficient (Wildman–Crippen LogP) is 2.86.